The molecular weight excluding hydrogens is 293 g/mol. The van der Waals surface area contributed by atoms with Crippen molar-refractivity contribution in [2.45, 2.75) is 13.3 Å². The van der Waals surface area contributed by atoms with Crippen molar-refractivity contribution in [2.24, 2.45) is 0 Å². The summed E-state index contributed by atoms with van der Waals surface area (Å²) in [5.74, 6) is 0.472. The molecule has 84 valence electrons. The van der Waals surface area contributed by atoms with E-state index in [0.29, 0.717) is 10.5 Å². The molecule has 0 aliphatic heterocycles. The molecular formula is C10H9BrFN3S. The summed E-state index contributed by atoms with van der Waals surface area (Å²) in [7, 11) is 0. The summed E-state index contributed by atoms with van der Waals surface area (Å²) in [6.07, 6.45) is 0.718. The molecule has 16 heavy (non-hydrogen) atoms. The molecule has 0 radical (unpaired) electrons. The number of hydrogen-bond acceptors (Lipinski definition) is 2. The summed E-state index contributed by atoms with van der Waals surface area (Å²) in [6, 6.07) is 4.47. The first-order chi connectivity index (χ1) is 7.63. The number of aromatic nitrogens is 3. The number of nitrogens with one attached hydrogen (secondary N) is 1. The van der Waals surface area contributed by atoms with E-state index in [-0.39, 0.29) is 5.82 Å². The van der Waals surface area contributed by atoms with Gasteiger partial charge in [0.1, 0.15) is 11.6 Å². The van der Waals surface area contributed by atoms with E-state index in [0.717, 1.165) is 16.7 Å². The minimum Gasteiger partial charge on any atom is -0.271 e. The van der Waals surface area contributed by atoms with E-state index < -0.39 is 0 Å². The normalized spacial score (nSPS) is 10.7. The zero-order valence-corrected chi connectivity index (χ0v) is 10.9. The molecule has 0 aliphatic rings. The molecule has 1 aromatic carbocycles. The standard InChI is InChI=1S/C10H9BrFN3S/c1-2-9-13-14-10(16)15(9)8-5-6(12)3-4-7(8)11/h3-5H,2H2,1H3,(H,14,16). The van der Waals surface area contributed by atoms with Gasteiger partial charge in [0.15, 0.2) is 4.77 Å². The number of H-pyrrole nitrogens is 1. The number of rotatable bonds is 2. The molecule has 3 nitrogen and oxygen atoms in total. The molecule has 0 spiro atoms. The lowest BCUT2D eigenvalue weighted by Crippen LogP contribution is -2.01. The van der Waals surface area contributed by atoms with E-state index in [1.807, 2.05) is 6.92 Å². The molecule has 0 fully saturated rings. The van der Waals surface area contributed by atoms with Crippen LogP contribution in [0.5, 0.6) is 0 Å². The number of aromatic amines is 1. The quantitative estimate of drug-likeness (QED) is 0.863. The third-order valence-electron chi connectivity index (χ3n) is 2.21. The van der Waals surface area contributed by atoms with Crippen LogP contribution in [0.3, 0.4) is 0 Å². The van der Waals surface area contributed by atoms with Crippen LogP contribution in [0.4, 0.5) is 4.39 Å². The molecule has 6 heteroatoms. The predicted molar refractivity (Wildman–Crippen MR) is 65.8 cm³/mol. The Hall–Kier alpha value is -1.01. The Bertz CT molecular complexity index is 576. The molecule has 0 saturated heterocycles. The van der Waals surface area contributed by atoms with Crippen LogP contribution >= 0.6 is 28.1 Å². The van der Waals surface area contributed by atoms with Crippen LogP contribution in [0.25, 0.3) is 5.69 Å². The van der Waals surface area contributed by atoms with Gasteiger partial charge in [-0.1, -0.05) is 6.92 Å². The first-order valence-corrected chi connectivity index (χ1v) is 5.95. The van der Waals surface area contributed by atoms with Crippen LogP contribution in [0, 0.1) is 10.6 Å². The highest BCUT2D eigenvalue weighted by Crippen LogP contribution is 2.23. The molecule has 2 rings (SSSR count). The van der Waals surface area contributed by atoms with E-state index in [1.165, 1.54) is 12.1 Å². The number of halogens is 2. The third kappa shape index (κ3) is 1.94. The second-order valence-corrected chi connectivity index (χ2v) is 4.47. The van der Waals surface area contributed by atoms with E-state index in [4.69, 9.17) is 12.2 Å². The smallest absolute Gasteiger partial charge is 0.199 e. The Labute approximate surface area is 105 Å². The molecule has 0 amide bonds. The highest BCUT2D eigenvalue weighted by atomic mass is 79.9. The second-order valence-electron chi connectivity index (χ2n) is 3.23. The summed E-state index contributed by atoms with van der Waals surface area (Å²) in [4.78, 5) is 0. The first-order valence-electron chi connectivity index (χ1n) is 4.75. The lowest BCUT2D eigenvalue weighted by molar-refractivity contribution is 0.625. The van der Waals surface area contributed by atoms with Gasteiger partial charge in [-0.3, -0.25) is 9.67 Å². The van der Waals surface area contributed by atoms with Gasteiger partial charge in [-0.2, -0.15) is 5.10 Å². The topological polar surface area (TPSA) is 33.6 Å². The summed E-state index contributed by atoms with van der Waals surface area (Å²) in [6.45, 7) is 1.97. The monoisotopic (exact) mass is 301 g/mol. The lowest BCUT2D eigenvalue weighted by Gasteiger charge is -2.07. The fraction of sp³-hybridized carbons (Fsp3) is 0.200. The van der Waals surface area contributed by atoms with Crippen LogP contribution in [0.2, 0.25) is 0 Å². The average Bonchev–Trinajstić information content (AvgIpc) is 2.63. The minimum atomic E-state index is -0.302. The van der Waals surface area contributed by atoms with E-state index in [2.05, 4.69) is 26.1 Å². The summed E-state index contributed by atoms with van der Waals surface area (Å²) >= 11 is 8.50. The number of nitrogens with zero attached hydrogens (tertiary/aromatic N) is 2. The largest absolute Gasteiger partial charge is 0.271 e. The van der Waals surface area contributed by atoms with Gasteiger partial charge in [0.05, 0.1) is 5.69 Å². The van der Waals surface area contributed by atoms with Crippen molar-refractivity contribution in [1.82, 2.24) is 14.8 Å². The van der Waals surface area contributed by atoms with Crippen LogP contribution in [0.15, 0.2) is 22.7 Å². The Balaban J connectivity index is 2.71. The van der Waals surface area contributed by atoms with Crippen LogP contribution < -0.4 is 0 Å². The van der Waals surface area contributed by atoms with Crippen molar-refractivity contribution in [3.8, 4) is 5.69 Å². The molecule has 0 saturated carbocycles. The van der Waals surface area contributed by atoms with Gasteiger partial charge in [-0.25, -0.2) is 4.39 Å². The number of aryl methyl sites for hydroxylation is 1. The Morgan fingerprint density at radius 2 is 2.31 bits per heavy atom. The predicted octanol–water partition coefficient (Wildman–Crippen LogP) is 3.39. The summed E-state index contributed by atoms with van der Waals surface area (Å²) in [5, 5.41) is 6.79. The van der Waals surface area contributed by atoms with Crippen molar-refractivity contribution in [2.75, 3.05) is 0 Å². The van der Waals surface area contributed by atoms with Crippen LogP contribution in [-0.2, 0) is 6.42 Å². The zero-order valence-electron chi connectivity index (χ0n) is 8.50. The van der Waals surface area contributed by atoms with Gasteiger partial charge in [-0.05, 0) is 46.3 Å². The maximum Gasteiger partial charge on any atom is 0.199 e. The molecule has 1 aromatic heterocycles. The summed E-state index contributed by atoms with van der Waals surface area (Å²) in [5.41, 5.74) is 0.663. The maximum absolute atomic E-state index is 13.2. The zero-order chi connectivity index (χ0) is 11.7. The van der Waals surface area contributed by atoms with Gasteiger partial charge in [-0.15, -0.1) is 0 Å². The fourth-order valence-electron chi connectivity index (χ4n) is 1.47. The van der Waals surface area contributed by atoms with Crippen LogP contribution in [-0.4, -0.2) is 14.8 Å². The molecule has 1 N–H and O–H groups in total. The Morgan fingerprint density at radius 1 is 1.56 bits per heavy atom. The fourth-order valence-corrected chi connectivity index (χ4v) is 2.15. The molecule has 0 aliphatic carbocycles. The SMILES string of the molecule is CCc1n[nH]c(=S)n1-c1cc(F)ccc1Br. The minimum absolute atomic E-state index is 0.302. The highest BCUT2D eigenvalue weighted by molar-refractivity contribution is 9.10. The molecule has 1 heterocycles. The van der Waals surface area contributed by atoms with Gasteiger partial charge in [0.2, 0.25) is 0 Å². The summed E-state index contributed by atoms with van der Waals surface area (Å²) < 4.78 is 16.2. The van der Waals surface area contributed by atoms with E-state index in [9.17, 15) is 4.39 Å². The Kier molecular flexibility index (Phi) is 3.20. The van der Waals surface area contributed by atoms with Crippen molar-refractivity contribution in [3.63, 3.8) is 0 Å². The average molecular weight is 302 g/mol. The first kappa shape index (κ1) is 11.5. The maximum atomic E-state index is 13.2. The van der Waals surface area contributed by atoms with E-state index in [1.54, 1.807) is 10.6 Å². The second kappa shape index (κ2) is 4.47. The van der Waals surface area contributed by atoms with Crippen molar-refractivity contribution in [1.29, 1.82) is 0 Å². The van der Waals surface area contributed by atoms with Gasteiger partial charge in [0.25, 0.3) is 0 Å². The number of hydrogen-bond donors (Lipinski definition) is 1. The number of benzene rings is 1. The molecule has 0 atom stereocenters. The van der Waals surface area contributed by atoms with Gasteiger partial charge >= 0.3 is 0 Å². The van der Waals surface area contributed by atoms with Gasteiger partial charge < -0.3 is 0 Å². The molecule has 0 unspecified atom stereocenters. The van der Waals surface area contributed by atoms with E-state index >= 15 is 0 Å². The van der Waals surface area contributed by atoms with Crippen molar-refractivity contribution >= 4 is 28.1 Å². The molecule has 2 aromatic rings. The third-order valence-corrected chi connectivity index (χ3v) is 3.15. The highest BCUT2D eigenvalue weighted by Gasteiger charge is 2.10. The van der Waals surface area contributed by atoms with Gasteiger partial charge in [0, 0.05) is 10.9 Å². The Morgan fingerprint density at radius 3 is 3.00 bits per heavy atom. The van der Waals surface area contributed by atoms with Crippen LogP contribution in [0.1, 0.15) is 12.7 Å². The van der Waals surface area contributed by atoms with Crippen molar-refractivity contribution < 1.29 is 4.39 Å². The van der Waals surface area contributed by atoms with Crippen molar-refractivity contribution in [3.05, 3.63) is 39.1 Å². The molecule has 0 bridgehead atoms. The lowest BCUT2D eigenvalue weighted by atomic mass is 10.3.